The number of aryl methyl sites for hydroxylation is 2. The maximum absolute atomic E-state index is 8.93. The highest BCUT2D eigenvalue weighted by Crippen LogP contribution is 2.23. The summed E-state index contributed by atoms with van der Waals surface area (Å²) in [5.74, 6) is 0.126. The fourth-order valence-electron chi connectivity index (χ4n) is 2.40. The quantitative estimate of drug-likeness (QED) is 0.392. The molecule has 0 saturated heterocycles. The summed E-state index contributed by atoms with van der Waals surface area (Å²) in [6.45, 7) is 4.87. The topological polar surface area (TPSA) is 61.8 Å². The number of anilines is 1. The molecule has 21 heavy (non-hydrogen) atoms. The van der Waals surface area contributed by atoms with Crippen LogP contribution in [0, 0.1) is 13.8 Å². The van der Waals surface area contributed by atoms with Crippen LogP contribution in [-0.4, -0.2) is 18.1 Å². The van der Waals surface area contributed by atoms with Crippen LogP contribution in [0.25, 0.3) is 0 Å². The number of nitrogens with zero attached hydrogens (tertiary/aromatic N) is 2. The van der Waals surface area contributed by atoms with Crippen molar-refractivity contribution in [1.82, 2.24) is 0 Å². The Morgan fingerprint density at radius 1 is 1.14 bits per heavy atom. The molecule has 0 heterocycles. The lowest BCUT2D eigenvalue weighted by Gasteiger charge is -2.23. The summed E-state index contributed by atoms with van der Waals surface area (Å²) in [4.78, 5) is 2.11. The summed E-state index contributed by atoms with van der Waals surface area (Å²) >= 11 is 0. The van der Waals surface area contributed by atoms with Crippen LogP contribution in [0.1, 0.15) is 22.3 Å². The Hall–Kier alpha value is -2.49. The van der Waals surface area contributed by atoms with Gasteiger partial charge >= 0.3 is 0 Å². The molecule has 4 heteroatoms. The van der Waals surface area contributed by atoms with E-state index in [1.807, 2.05) is 32.2 Å². The number of hydrogen-bond acceptors (Lipinski definition) is 3. The molecule has 0 aliphatic carbocycles. The minimum Gasteiger partial charge on any atom is -0.409 e. The average Bonchev–Trinajstić information content (AvgIpc) is 2.46. The van der Waals surface area contributed by atoms with E-state index in [4.69, 9.17) is 10.9 Å². The molecular weight excluding hydrogens is 262 g/mol. The summed E-state index contributed by atoms with van der Waals surface area (Å²) in [6, 6.07) is 14.3. The highest BCUT2D eigenvalue weighted by Gasteiger charge is 2.12. The van der Waals surface area contributed by atoms with Crippen LogP contribution in [-0.2, 0) is 6.54 Å². The molecule has 0 fully saturated rings. The fourth-order valence-corrected chi connectivity index (χ4v) is 2.40. The van der Waals surface area contributed by atoms with Gasteiger partial charge in [-0.05, 0) is 37.1 Å². The molecule has 0 aliphatic rings. The number of hydrogen-bond donors (Lipinski definition) is 2. The van der Waals surface area contributed by atoms with Crippen molar-refractivity contribution in [3.8, 4) is 0 Å². The van der Waals surface area contributed by atoms with Gasteiger partial charge < -0.3 is 15.8 Å². The Bertz CT molecular complexity index is 665. The van der Waals surface area contributed by atoms with Gasteiger partial charge in [0.05, 0.1) is 0 Å². The van der Waals surface area contributed by atoms with Crippen LogP contribution in [0.2, 0.25) is 0 Å². The molecule has 0 aliphatic heterocycles. The largest absolute Gasteiger partial charge is 0.409 e. The second-order valence-electron chi connectivity index (χ2n) is 5.35. The molecule has 0 radical (unpaired) electrons. The number of oxime groups is 1. The zero-order chi connectivity index (χ0) is 15.4. The molecule has 0 aromatic heterocycles. The summed E-state index contributed by atoms with van der Waals surface area (Å²) in [7, 11) is 2.01. The second-order valence-corrected chi connectivity index (χ2v) is 5.35. The van der Waals surface area contributed by atoms with Gasteiger partial charge in [-0.25, -0.2) is 0 Å². The third kappa shape index (κ3) is 3.54. The molecule has 3 N–H and O–H groups in total. The van der Waals surface area contributed by atoms with Crippen molar-refractivity contribution in [2.24, 2.45) is 10.9 Å². The first kappa shape index (κ1) is 14.9. The van der Waals surface area contributed by atoms with Crippen LogP contribution in [0.5, 0.6) is 0 Å². The Kier molecular flexibility index (Phi) is 4.48. The minimum absolute atomic E-state index is 0.126. The highest BCUT2D eigenvalue weighted by atomic mass is 16.4. The lowest BCUT2D eigenvalue weighted by atomic mass is 10.1. The van der Waals surface area contributed by atoms with Gasteiger partial charge in [-0.2, -0.15) is 0 Å². The van der Waals surface area contributed by atoms with E-state index < -0.39 is 0 Å². The van der Waals surface area contributed by atoms with Gasteiger partial charge in [0.2, 0.25) is 0 Å². The molecule has 110 valence electrons. The lowest BCUT2D eigenvalue weighted by molar-refractivity contribution is 0.318. The molecule has 0 atom stereocenters. The predicted molar refractivity (Wildman–Crippen MR) is 87.0 cm³/mol. The maximum atomic E-state index is 8.93. The first-order chi connectivity index (χ1) is 10.0. The first-order valence-corrected chi connectivity index (χ1v) is 6.86. The zero-order valence-electron chi connectivity index (χ0n) is 12.7. The maximum Gasteiger partial charge on any atom is 0.172 e. The smallest absolute Gasteiger partial charge is 0.172 e. The van der Waals surface area contributed by atoms with Crippen LogP contribution >= 0.6 is 0 Å². The molecule has 2 aromatic rings. The highest BCUT2D eigenvalue weighted by molar-refractivity contribution is 6.02. The van der Waals surface area contributed by atoms with E-state index in [9.17, 15) is 0 Å². The van der Waals surface area contributed by atoms with Crippen molar-refractivity contribution in [1.29, 1.82) is 0 Å². The molecule has 0 spiro atoms. The Labute approximate surface area is 125 Å². The summed E-state index contributed by atoms with van der Waals surface area (Å²) < 4.78 is 0. The van der Waals surface area contributed by atoms with Crippen molar-refractivity contribution in [3.63, 3.8) is 0 Å². The van der Waals surface area contributed by atoms with Gasteiger partial charge in [0, 0.05) is 24.8 Å². The lowest BCUT2D eigenvalue weighted by Crippen LogP contribution is -2.22. The molecule has 0 saturated carbocycles. The Balaban J connectivity index is 2.34. The van der Waals surface area contributed by atoms with Crippen molar-refractivity contribution in [2.45, 2.75) is 20.4 Å². The van der Waals surface area contributed by atoms with Gasteiger partial charge in [0.25, 0.3) is 0 Å². The second kappa shape index (κ2) is 6.31. The van der Waals surface area contributed by atoms with E-state index in [0.29, 0.717) is 0 Å². The van der Waals surface area contributed by atoms with Gasteiger partial charge in [-0.1, -0.05) is 41.1 Å². The average molecular weight is 283 g/mol. The van der Waals surface area contributed by atoms with E-state index >= 15 is 0 Å². The fraction of sp³-hybridized carbons (Fsp3) is 0.235. The minimum atomic E-state index is 0.126. The van der Waals surface area contributed by atoms with E-state index in [1.54, 1.807) is 0 Å². The van der Waals surface area contributed by atoms with E-state index in [2.05, 4.69) is 41.2 Å². The molecular formula is C17H21N3O. The molecule has 0 amide bonds. The SMILES string of the molecule is Cc1cccc(CN(C)c2cc(C)ccc2C(N)=NO)c1. The third-order valence-electron chi connectivity index (χ3n) is 3.45. The Morgan fingerprint density at radius 3 is 2.52 bits per heavy atom. The van der Waals surface area contributed by atoms with Crippen LogP contribution in [0.4, 0.5) is 5.69 Å². The normalized spacial score (nSPS) is 11.5. The third-order valence-corrected chi connectivity index (χ3v) is 3.45. The van der Waals surface area contributed by atoms with Crippen molar-refractivity contribution in [2.75, 3.05) is 11.9 Å². The van der Waals surface area contributed by atoms with Crippen LogP contribution < -0.4 is 10.6 Å². The summed E-state index contributed by atoms with van der Waals surface area (Å²) in [6.07, 6.45) is 0. The standard InChI is InChI=1S/C17H21N3O/c1-12-5-4-6-14(9-12)11-20(3)16-10-13(2)7-8-15(16)17(18)19-21/h4-10,21H,11H2,1-3H3,(H2,18,19). The van der Waals surface area contributed by atoms with E-state index in [-0.39, 0.29) is 5.84 Å². The van der Waals surface area contributed by atoms with Crippen molar-refractivity contribution in [3.05, 3.63) is 64.7 Å². The molecule has 0 unspecified atom stereocenters. The zero-order valence-corrected chi connectivity index (χ0v) is 12.7. The van der Waals surface area contributed by atoms with Gasteiger partial charge in [0.1, 0.15) is 0 Å². The molecule has 4 nitrogen and oxygen atoms in total. The monoisotopic (exact) mass is 283 g/mol. The van der Waals surface area contributed by atoms with Gasteiger partial charge in [0.15, 0.2) is 5.84 Å². The van der Waals surface area contributed by atoms with Crippen molar-refractivity contribution < 1.29 is 5.21 Å². The number of benzene rings is 2. The van der Waals surface area contributed by atoms with E-state index in [0.717, 1.165) is 23.4 Å². The first-order valence-electron chi connectivity index (χ1n) is 6.86. The van der Waals surface area contributed by atoms with E-state index in [1.165, 1.54) is 11.1 Å². The predicted octanol–water partition coefficient (Wildman–Crippen LogP) is 3.03. The van der Waals surface area contributed by atoms with Crippen molar-refractivity contribution >= 4 is 11.5 Å². The molecule has 0 bridgehead atoms. The summed E-state index contributed by atoms with van der Waals surface area (Å²) in [5, 5.41) is 12.1. The van der Waals surface area contributed by atoms with Gasteiger partial charge in [-0.3, -0.25) is 0 Å². The number of amidine groups is 1. The number of rotatable bonds is 4. The molecule has 2 aromatic carbocycles. The summed E-state index contributed by atoms with van der Waals surface area (Å²) in [5.41, 5.74) is 11.1. The Morgan fingerprint density at radius 2 is 1.86 bits per heavy atom. The van der Waals surface area contributed by atoms with Gasteiger partial charge in [-0.15, -0.1) is 0 Å². The molecule has 2 rings (SSSR count). The number of nitrogens with two attached hydrogens (primary N) is 1. The van der Waals surface area contributed by atoms with Crippen LogP contribution in [0.15, 0.2) is 47.6 Å². The van der Waals surface area contributed by atoms with Crippen LogP contribution in [0.3, 0.4) is 0 Å².